The van der Waals surface area contributed by atoms with Gasteiger partial charge >= 0.3 is 0 Å². The lowest BCUT2D eigenvalue weighted by Crippen LogP contribution is -1.85. The van der Waals surface area contributed by atoms with Crippen LogP contribution in [0.1, 0.15) is 6.92 Å². The average molecular weight is 390 g/mol. The number of hydrogen-bond donors (Lipinski definition) is 0. The van der Waals surface area contributed by atoms with Crippen molar-refractivity contribution in [1.29, 1.82) is 0 Å². The Morgan fingerprint density at radius 2 is 1.87 bits per heavy atom. The predicted molar refractivity (Wildman–Crippen MR) is 98.0 cm³/mol. The molecule has 1 aromatic heterocycles. The van der Waals surface area contributed by atoms with Gasteiger partial charge in [0.2, 0.25) is 5.89 Å². The molecule has 3 aromatic rings. The molecule has 0 spiro atoms. The van der Waals surface area contributed by atoms with Crippen LogP contribution in [-0.2, 0) is 0 Å². The maximum absolute atomic E-state index is 6.02. The van der Waals surface area contributed by atoms with Crippen LogP contribution in [0.25, 0.3) is 22.7 Å². The van der Waals surface area contributed by atoms with Gasteiger partial charge in [0, 0.05) is 10.0 Å². The van der Waals surface area contributed by atoms with Gasteiger partial charge in [0.25, 0.3) is 0 Å². The maximum atomic E-state index is 6.02. The van der Waals surface area contributed by atoms with Crippen molar-refractivity contribution in [2.45, 2.75) is 12.0 Å². The standard InChI is InChI=1S/C18H16BrNO2S/c1-3-23-18-16(12-8-10-13(21-2)11-9-12)20-17(22-18)14-6-4-5-7-15(14)19/h4-11H,3H2,1-2H3. The highest BCUT2D eigenvalue weighted by Crippen LogP contribution is 2.37. The van der Waals surface area contributed by atoms with E-state index in [0.29, 0.717) is 5.89 Å². The molecular weight excluding hydrogens is 374 g/mol. The summed E-state index contributed by atoms with van der Waals surface area (Å²) in [6.45, 7) is 2.10. The van der Waals surface area contributed by atoms with E-state index in [4.69, 9.17) is 14.1 Å². The SMILES string of the molecule is CCSc1oc(-c2ccccc2Br)nc1-c1ccc(OC)cc1. The third kappa shape index (κ3) is 3.46. The Balaban J connectivity index is 2.06. The number of benzene rings is 2. The zero-order valence-electron chi connectivity index (χ0n) is 12.9. The highest BCUT2D eigenvalue weighted by molar-refractivity contribution is 9.10. The van der Waals surface area contributed by atoms with E-state index in [1.165, 1.54) is 0 Å². The normalized spacial score (nSPS) is 10.7. The van der Waals surface area contributed by atoms with E-state index in [0.717, 1.165) is 37.9 Å². The number of ether oxygens (including phenoxy) is 1. The monoisotopic (exact) mass is 389 g/mol. The maximum Gasteiger partial charge on any atom is 0.229 e. The summed E-state index contributed by atoms with van der Waals surface area (Å²) in [7, 11) is 1.66. The molecule has 118 valence electrons. The zero-order valence-corrected chi connectivity index (χ0v) is 15.3. The van der Waals surface area contributed by atoms with Crippen molar-refractivity contribution in [2.75, 3.05) is 12.9 Å². The van der Waals surface area contributed by atoms with E-state index in [-0.39, 0.29) is 0 Å². The van der Waals surface area contributed by atoms with Crippen LogP contribution in [-0.4, -0.2) is 17.8 Å². The van der Waals surface area contributed by atoms with Crippen molar-refractivity contribution in [3.63, 3.8) is 0 Å². The van der Waals surface area contributed by atoms with Crippen molar-refractivity contribution in [2.24, 2.45) is 0 Å². The van der Waals surface area contributed by atoms with E-state index < -0.39 is 0 Å². The van der Waals surface area contributed by atoms with Crippen LogP contribution in [0.15, 0.2) is 62.5 Å². The van der Waals surface area contributed by atoms with Gasteiger partial charge in [0.05, 0.1) is 12.7 Å². The van der Waals surface area contributed by atoms with Gasteiger partial charge in [0.1, 0.15) is 11.4 Å². The molecule has 0 N–H and O–H groups in total. The summed E-state index contributed by atoms with van der Waals surface area (Å²) in [5.74, 6) is 2.38. The summed E-state index contributed by atoms with van der Waals surface area (Å²) in [5, 5.41) is 0.836. The number of thioether (sulfide) groups is 1. The molecule has 3 nitrogen and oxygen atoms in total. The summed E-state index contributed by atoms with van der Waals surface area (Å²) in [4.78, 5) is 4.73. The lowest BCUT2D eigenvalue weighted by molar-refractivity contribution is 0.415. The van der Waals surface area contributed by atoms with Gasteiger partial charge in [-0.3, -0.25) is 0 Å². The van der Waals surface area contributed by atoms with Gasteiger partial charge in [-0.15, -0.1) is 0 Å². The van der Waals surface area contributed by atoms with Crippen LogP contribution in [0.4, 0.5) is 0 Å². The molecule has 1 heterocycles. The fourth-order valence-electron chi connectivity index (χ4n) is 2.22. The minimum atomic E-state index is 0.624. The van der Waals surface area contributed by atoms with Crippen molar-refractivity contribution in [1.82, 2.24) is 4.98 Å². The van der Waals surface area contributed by atoms with E-state index in [1.807, 2.05) is 48.5 Å². The van der Waals surface area contributed by atoms with Crippen LogP contribution in [0.5, 0.6) is 5.75 Å². The topological polar surface area (TPSA) is 35.3 Å². The number of oxazole rings is 1. The van der Waals surface area contributed by atoms with Gasteiger partial charge in [0.15, 0.2) is 5.09 Å². The summed E-state index contributed by atoms with van der Waals surface area (Å²) < 4.78 is 12.2. The molecule has 0 unspecified atom stereocenters. The highest BCUT2D eigenvalue weighted by Gasteiger charge is 2.17. The summed E-state index contributed by atoms with van der Waals surface area (Å²) in [6, 6.07) is 15.8. The van der Waals surface area contributed by atoms with Crippen LogP contribution in [0, 0.1) is 0 Å². The molecular formula is C18H16BrNO2S. The minimum absolute atomic E-state index is 0.624. The average Bonchev–Trinajstić information content (AvgIpc) is 2.99. The van der Waals surface area contributed by atoms with Crippen molar-refractivity contribution < 1.29 is 9.15 Å². The molecule has 3 rings (SSSR count). The Kier molecular flexibility index (Phi) is 5.08. The molecule has 5 heteroatoms. The largest absolute Gasteiger partial charge is 0.497 e. The first-order valence-electron chi connectivity index (χ1n) is 7.26. The molecule has 0 bridgehead atoms. The highest BCUT2D eigenvalue weighted by atomic mass is 79.9. The van der Waals surface area contributed by atoms with Gasteiger partial charge in [-0.25, -0.2) is 4.98 Å². The molecule has 0 aliphatic heterocycles. The number of aromatic nitrogens is 1. The van der Waals surface area contributed by atoms with Crippen molar-refractivity contribution in [3.8, 4) is 28.5 Å². The van der Waals surface area contributed by atoms with E-state index in [1.54, 1.807) is 18.9 Å². The first-order valence-corrected chi connectivity index (χ1v) is 9.03. The molecule has 0 atom stereocenters. The first-order chi connectivity index (χ1) is 11.2. The third-order valence-corrected chi connectivity index (χ3v) is 4.86. The number of rotatable bonds is 5. The smallest absolute Gasteiger partial charge is 0.229 e. The van der Waals surface area contributed by atoms with Crippen LogP contribution < -0.4 is 4.74 Å². The predicted octanol–water partition coefficient (Wildman–Crippen LogP) is 5.89. The Morgan fingerprint density at radius 3 is 2.52 bits per heavy atom. The Bertz CT molecular complexity index is 799. The fourth-order valence-corrected chi connectivity index (χ4v) is 3.37. The van der Waals surface area contributed by atoms with Crippen LogP contribution in [0.3, 0.4) is 0 Å². The zero-order chi connectivity index (χ0) is 16.2. The number of methoxy groups -OCH3 is 1. The fraction of sp³-hybridized carbons (Fsp3) is 0.167. The molecule has 0 saturated heterocycles. The van der Waals surface area contributed by atoms with Crippen molar-refractivity contribution >= 4 is 27.7 Å². The quantitative estimate of drug-likeness (QED) is 0.509. The van der Waals surface area contributed by atoms with E-state index in [9.17, 15) is 0 Å². The van der Waals surface area contributed by atoms with Gasteiger partial charge in [-0.05, 0) is 58.1 Å². The lowest BCUT2D eigenvalue weighted by Gasteiger charge is -2.02. The Hall–Kier alpha value is -1.72. The Morgan fingerprint density at radius 1 is 1.13 bits per heavy atom. The number of halogens is 1. The molecule has 0 aliphatic carbocycles. The number of hydrogen-bond acceptors (Lipinski definition) is 4. The second-order valence-electron chi connectivity index (χ2n) is 4.80. The Labute approximate surface area is 148 Å². The van der Waals surface area contributed by atoms with E-state index in [2.05, 4.69) is 22.9 Å². The van der Waals surface area contributed by atoms with Crippen LogP contribution >= 0.6 is 27.7 Å². The van der Waals surface area contributed by atoms with Crippen molar-refractivity contribution in [3.05, 3.63) is 53.0 Å². The molecule has 0 fully saturated rings. The van der Waals surface area contributed by atoms with Gasteiger partial charge in [-0.1, -0.05) is 30.8 Å². The molecule has 0 amide bonds. The summed E-state index contributed by atoms with van der Waals surface area (Å²) in [6.07, 6.45) is 0. The second-order valence-corrected chi connectivity index (χ2v) is 6.89. The molecule has 23 heavy (non-hydrogen) atoms. The summed E-state index contributed by atoms with van der Waals surface area (Å²) >= 11 is 5.21. The lowest BCUT2D eigenvalue weighted by atomic mass is 10.1. The third-order valence-electron chi connectivity index (χ3n) is 3.34. The van der Waals surface area contributed by atoms with Crippen LogP contribution in [0.2, 0.25) is 0 Å². The van der Waals surface area contributed by atoms with E-state index >= 15 is 0 Å². The first kappa shape index (κ1) is 16.1. The van der Waals surface area contributed by atoms with Gasteiger partial charge < -0.3 is 9.15 Å². The number of nitrogens with zero attached hydrogens (tertiary/aromatic N) is 1. The summed E-state index contributed by atoms with van der Waals surface area (Å²) in [5.41, 5.74) is 2.83. The minimum Gasteiger partial charge on any atom is -0.497 e. The molecule has 0 saturated carbocycles. The van der Waals surface area contributed by atoms with Gasteiger partial charge in [-0.2, -0.15) is 0 Å². The second kappa shape index (κ2) is 7.23. The molecule has 0 radical (unpaired) electrons. The molecule has 2 aromatic carbocycles. The molecule has 0 aliphatic rings.